The molecule has 0 saturated carbocycles. The van der Waals surface area contributed by atoms with E-state index in [1.807, 2.05) is 55.5 Å². The number of esters is 1. The number of hydrogen-bond acceptors (Lipinski definition) is 9. The van der Waals surface area contributed by atoms with Crippen LogP contribution in [0, 0.1) is 5.41 Å². The van der Waals surface area contributed by atoms with Crippen molar-refractivity contribution in [1.82, 2.24) is 25.9 Å². The average molecular weight is 563 g/mol. The van der Waals surface area contributed by atoms with Gasteiger partial charge >= 0.3 is 11.9 Å². The second-order valence-corrected chi connectivity index (χ2v) is 11.8. The predicted molar refractivity (Wildman–Crippen MR) is 154 cm³/mol. The standard InChI is InChI=1S/C30H38N6O5/c1-7-16-30(17-18-41-27(39)28(2,3)4)31-24(29(5,6)40)23(26(37)38)36(30)20-14-12-19(13-15-20)21-10-8-9-11-22(21)25-32-34-35-33-25/h8-15,31,40H,7,16-18H2,1-6H3,(H,37,38)(H,32,33,34,35). The number of aromatic nitrogens is 4. The van der Waals surface area contributed by atoms with Crippen molar-refractivity contribution in [3.8, 4) is 22.5 Å². The number of benzene rings is 2. The average Bonchev–Trinajstić information content (AvgIpc) is 3.56. The van der Waals surface area contributed by atoms with Crippen LogP contribution < -0.4 is 10.2 Å². The van der Waals surface area contributed by atoms with Crippen molar-refractivity contribution < 1.29 is 24.5 Å². The van der Waals surface area contributed by atoms with E-state index in [0.29, 0.717) is 30.8 Å². The van der Waals surface area contributed by atoms with E-state index in [0.717, 1.165) is 16.7 Å². The first-order chi connectivity index (χ1) is 19.3. The van der Waals surface area contributed by atoms with Crippen molar-refractivity contribution in [3.05, 3.63) is 59.9 Å². The van der Waals surface area contributed by atoms with Crippen LogP contribution in [-0.4, -0.2) is 60.6 Å². The van der Waals surface area contributed by atoms with Crippen LogP contribution in [0.25, 0.3) is 22.5 Å². The maximum Gasteiger partial charge on any atom is 0.354 e. The number of nitrogens with zero attached hydrogens (tertiary/aromatic N) is 4. The van der Waals surface area contributed by atoms with E-state index >= 15 is 0 Å². The minimum Gasteiger partial charge on any atom is -0.477 e. The fourth-order valence-corrected chi connectivity index (χ4v) is 5.11. The second kappa shape index (κ2) is 11.3. The molecule has 1 atom stereocenters. The molecule has 0 amide bonds. The lowest BCUT2D eigenvalue weighted by molar-refractivity contribution is -0.153. The molecule has 2 heterocycles. The SMILES string of the molecule is CCCC1(CCOC(=O)C(C)(C)C)NC(C(C)(C)O)=C(C(=O)O)N1c1ccc(-c2ccccc2-c2nn[nH]n2)cc1. The van der Waals surface area contributed by atoms with Crippen LogP contribution in [0.3, 0.4) is 0 Å². The minimum atomic E-state index is -1.47. The first-order valence-corrected chi connectivity index (χ1v) is 13.7. The van der Waals surface area contributed by atoms with Gasteiger partial charge in [0.05, 0.1) is 17.7 Å². The number of ether oxygens (including phenoxy) is 1. The number of aliphatic carboxylic acids is 1. The number of carbonyl (C=O) groups excluding carboxylic acids is 1. The van der Waals surface area contributed by atoms with E-state index in [2.05, 4.69) is 25.9 Å². The Morgan fingerprint density at radius 1 is 1.00 bits per heavy atom. The zero-order valence-corrected chi connectivity index (χ0v) is 24.4. The van der Waals surface area contributed by atoms with E-state index in [1.54, 1.807) is 39.5 Å². The number of carbonyl (C=O) groups is 2. The highest BCUT2D eigenvalue weighted by atomic mass is 16.5. The zero-order valence-electron chi connectivity index (χ0n) is 24.4. The van der Waals surface area contributed by atoms with Crippen LogP contribution in [0.1, 0.15) is 60.8 Å². The number of nitrogens with one attached hydrogen (secondary N) is 2. The lowest BCUT2D eigenvalue weighted by atomic mass is 9.95. The molecule has 41 heavy (non-hydrogen) atoms. The molecular formula is C30H38N6O5. The Balaban J connectivity index is 1.78. The minimum absolute atomic E-state index is 0.0481. The Morgan fingerprint density at radius 3 is 2.20 bits per heavy atom. The Hall–Kier alpha value is -4.25. The van der Waals surface area contributed by atoms with E-state index < -0.39 is 22.6 Å². The van der Waals surface area contributed by atoms with Crippen LogP contribution in [0.4, 0.5) is 5.69 Å². The molecule has 1 unspecified atom stereocenters. The summed E-state index contributed by atoms with van der Waals surface area (Å²) in [5.41, 5.74) is 0.244. The quantitative estimate of drug-likeness (QED) is 0.260. The van der Waals surface area contributed by atoms with Gasteiger partial charge in [-0.2, -0.15) is 5.21 Å². The van der Waals surface area contributed by atoms with E-state index in [-0.39, 0.29) is 24.0 Å². The van der Waals surface area contributed by atoms with Crippen molar-refractivity contribution in [1.29, 1.82) is 0 Å². The molecule has 2 aromatic carbocycles. The van der Waals surface area contributed by atoms with Crippen molar-refractivity contribution in [2.45, 2.75) is 72.1 Å². The molecule has 11 nitrogen and oxygen atoms in total. The highest BCUT2D eigenvalue weighted by Gasteiger charge is 2.50. The molecule has 4 N–H and O–H groups in total. The van der Waals surface area contributed by atoms with Gasteiger partial charge in [0, 0.05) is 17.7 Å². The van der Waals surface area contributed by atoms with Crippen LogP contribution in [-0.2, 0) is 14.3 Å². The summed E-state index contributed by atoms with van der Waals surface area (Å²) in [5.74, 6) is -1.05. The zero-order chi connectivity index (χ0) is 30.0. The number of tetrazole rings is 1. The van der Waals surface area contributed by atoms with Gasteiger partial charge in [-0.15, -0.1) is 10.2 Å². The van der Waals surface area contributed by atoms with Crippen LogP contribution in [0.15, 0.2) is 59.9 Å². The number of carboxylic acid groups (broad SMARTS) is 1. The number of carboxylic acids is 1. The summed E-state index contributed by atoms with van der Waals surface area (Å²) in [5, 5.41) is 39.2. The summed E-state index contributed by atoms with van der Waals surface area (Å²) >= 11 is 0. The normalized spacial score (nSPS) is 17.5. The summed E-state index contributed by atoms with van der Waals surface area (Å²) < 4.78 is 5.61. The van der Waals surface area contributed by atoms with Gasteiger partial charge in [0.15, 0.2) is 5.70 Å². The molecule has 0 spiro atoms. The van der Waals surface area contributed by atoms with Gasteiger partial charge in [0.2, 0.25) is 5.82 Å². The number of rotatable bonds is 10. The molecule has 11 heteroatoms. The number of H-pyrrole nitrogens is 1. The van der Waals surface area contributed by atoms with Crippen LogP contribution in [0.2, 0.25) is 0 Å². The summed E-state index contributed by atoms with van der Waals surface area (Å²) in [4.78, 5) is 27.0. The monoisotopic (exact) mass is 562 g/mol. The smallest absolute Gasteiger partial charge is 0.354 e. The lowest BCUT2D eigenvalue weighted by Gasteiger charge is -2.41. The summed E-state index contributed by atoms with van der Waals surface area (Å²) in [6.45, 7) is 10.5. The number of aliphatic hydroxyl groups is 1. The Morgan fingerprint density at radius 2 is 1.66 bits per heavy atom. The Bertz CT molecular complexity index is 1420. The molecule has 0 saturated heterocycles. The maximum absolute atomic E-state index is 12.8. The first kappa shape index (κ1) is 29.7. The topological polar surface area (TPSA) is 154 Å². The van der Waals surface area contributed by atoms with Crippen molar-refractivity contribution in [2.24, 2.45) is 5.41 Å². The largest absolute Gasteiger partial charge is 0.477 e. The third-order valence-corrected chi connectivity index (χ3v) is 7.04. The number of hydrogen-bond donors (Lipinski definition) is 4. The molecule has 218 valence electrons. The number of aromatic amines is 1. The maximum atomic E-state index is 12.8. The van der Waals surface area contributed by atoms with Gasteiger partial charge < -0.3 is 25.2 Å². The van der Waals surface area contributed by atoms with E-state index in [1.165, 1.54) is 0 Å². The van der Waals surface area contributed by atoms with Gasteiger partial charge in [-0.1, -0.05) is 49.7 Å². The molecule has 0 aliphatic carbocycles. The van der Waals surface area contributed by atoms with Gasteiger partial charge in [-0.25, -0.2) is 4.79 Å². The molecule has 1 aromatic heterocycles. The summed E-state index contributed by atoms with van der Waals surface area (Å²) in [6.07, 6.45) is 1.53. The van der Waals surface area contributed by atoms with Gasteiger partial charge in [0.25, 0.3) is 0 Å². The predicted octanol–water partition coefficient (Wildman–Crippen LogP) is 4.49. The molecular weight excluding hydrogens is 524 g/mol. The number of anilines is 1. The Labute approximate surface area is 239 Å². The van der Waals surface area contributed by atoms with Gasteiger partial charge in [-0.05, 0) is 69.5 Å². The van der Waals surface area contributed by atoms with Gasteiger partial charge in [-0.3, -0.25) is 4.79 Å². The summed E-state index contributed by atoms with van der Waals surface area (Å²) in [7, 11) is 0. The molecule has 0 fully saturated rings. The fraction of sp³-hybridized carbons (Fsp3) is 0.433. The van der Waals surface area contributed by atoms with Crippen molar-refractivity contribution in [2.75, 3.05) is 11.5 Å². The van der Waals surface area contributed by atoms with Gasteiger partial charge in [0.1, 0.15) is 11.3 Å². The van der Waals surface area contributed by atoms with E-state index in [4.69, 9.17) is 4.74 Å². The van der Waals surface area contributed by atoms with Crippen molar-refractivity contribution >= 4 is 17.6 Å². The van der Waals surface area contributed by atoms with Crippen molar-refractivity contribution in [3.63, 3.8) is 0 Å². The molecule has 4 rings (SSSR count). The molecule has 0 radical (unpaired) electrons. The summed E-state index contributed by atoms with van der Waals surface area (Å²) in [6, 6.07) is 15.2. The highest BCUT2D eigenvalue weighted by molar-refractivity contribution is 5.94. The van der Waals surface area contributed by atoms with Crippen LogP contribution >= 0.6 is 0 Å². The third-order valence-electron chi connectivity index (χ3n) is 7.04. The second-order valence-electron chi connectivity index (χ2n) is 11.8. The molecule has 0 bridgehead atoms. The first-order valence-electron chi connectivity index (χ1n) is 13.7. The lowest BCUT2D eigenvalue weighted by Crippen LogP contribution is -2.55. The van der Waals surface area contributed by atoms with E-state index in [9.17, 15) is 19.8 Å². The highest BCUT2D eigenvalue weighted by Crippen LogP contribution is 2.43. The Kier molecular flexibility index (Phi) is 8.21. The molecule has 1 aliphatic rings. The fourth-order valence-electron chi connectivity index (χ4n) is 5.11. The molecule has 3 aromatic rings. The van der Waals surface area contributed by atoms with Crippen LogP contribution in [0.5, 0.6) is 0 Å². The molecule has 1 aliphatic heterocycles. The third kappa shape index (κ3) is 6.09.